The average Bonchev–Trinajstić information content (AvgIpc) is 2.53. The number of pyridine rings is 1. The van der Waals surface area contributed by atoms with E-state index in [1.54, 1.807) is 0 Å². The van der Waals surface area contributed by atoms with Gasteiger partial charge < -0.3 is 10.2 Å². The number of amides is 1. The molecule has 3 rings (SSSR count). The highest BCUT2D eigenvalue weighted by molar-refractivity contribution is 6.06. The summed E-state index contributed by atoms with van der Waals surface area (Å²) in [7, 11) is 1.99. The summed E-state index contributed by atoms with van der Waals surface area (Å²) in [6, 6.07) is 10.3. The van der Waals surface area contributed by atoms with E-state index in [0.29, 0.717) is 6.04 Å². The second-order valence-corrected chi connectivity index (χ2v) is 5.68. The number of hydrogen-bond donors (Lipinski definition) is 1. The van der Waals surface area contributed by atoms with Gasteiger partial charge in [-0.05, 0) is 38.9 Å². The van der Waals surface area contributed by atoms with E-state index in [-0.39, 0.29) is 5.91 Å². The topological polar surface area (TPSA) is 45.2 Å². The van der Waals surface area contributed by atoms with Gasteiger partial charge in [0.05, 0.1) is 11.1 Å². The molecule has 0 bridgehead atoms. The molecule has 1 aliphatic rings. The fourth-order valence-corrected chi connectivity index (χ4v) is 3.03. The summed E-state index contributed by atoms with van der Waals surface area (Å²) in [5.74, 6) is 0.131. The van der Waals surface area contributed by atoms with Crippen molar-refractivity contribution in [3.05, 3.63) is 41.6 Å². The first-order chi connectivity index (χ1) is 10.2. The number of fused-ring (bicyclic) bond motifs is 1. The zero-order valence-electron chi connectivity index (χ0n) is 12.6. The van der Waals surface area contributed by atoms with E-state index < -0.39 is 0 Å². The van der Waals surface area contributed by atoms with Crippen LogP contribution in [0.25, 0.3) is 10.9 Å². The predicted molar refractivity (Wildman–Crippen MR) is 84.5 cm³/mol. The smallest absolute Gasteiger partial charge is 0.254 e. The molecule has 21 heavy (non-hydrogen) atoms. The molecule has 2 aromatic rings. The number of aromatic nitrogens is 1. The highest BCUT2D eigenvalue weighted by Crippen LogP contribution is 2.21. The van der Waals surface area contributed by atoms with Crippen molar-refractivity contribution in [3.8, 4) is 0 Å². The maximum absolute atomic E-state index is 12.8. The van der Waals surface area contributed by atoms with Gasteiger partial charge in [0.15, 0.2) is 0 Å². The van der Waals surface area contributed by atoms with Crippen molar-refractivity contribution in [1.29, 1.82) is 0 Å². The Balaban J connectivity index is 1.91. The zero-order chi connectivity index (χ0) is 14.8. The summed E-state index contributed by atoms with van der Waals surface area (Å²) < 4.78 is 0. The second kappa shape index (κ2) is 5.82. The van der Waals surface area contributed by atoms with Crippen LogP contribution in [0.3, 0.4) is 0 Å². The molecule has 1 aromatic heterocycles. The van der Waals surface area contributed by atoms with Crippen molar-refractivity contribution in [2.75, 3.05) is 20.1 Å². The van der Waals surface area contributed by atoms with E-state index in [9.17, 15) is 4.79 Å². The van der Waals surface area contributed by atoms with Crippen LogP contribution in [0.4, 0.5) is 0 Å². The van der Waals surface area contributed by atoms with Gasteiger partial charge in [-0.1, -0.05) is 18.2 Å². The van der Waals surface area contributed by atoms with E-state index in [1.165, 1.54) is 0 Å². The van der Waals surface area contributed by atoms with E-state index in [2.05, 4.69) is 10.3 Å². The molecule has 0 spiro atoms. The first kappa shape index (κ1) is 14.0. The summed E-state index contributed by atoms with van der Waals surface area (Å²) >= 11 is 0. The van der Waals surface area contributed by atoms with Crippen LogP contribution in [0.15, 0.2) is 30.3 Å². The molecule has 4 heteroatoms. The van der Waals surface area contributed by atoms with Gasteiger partial charge in [-0.15, -0.1) is 0 Å². The number of piperidine rings is 1. The van der Waals surface area contributed by atoms with Crippen molar-refractivity contribution in [3.63, 3.8) is 0 Å². The van der Waals surface area contributed by atoms with Gasteiger partial charge in [-0.25, -0.2) is 0 Å². The highest BCUT2D eigenvalue weighted by atomic mass is 16.2. The van der Waals surface area contributed by atoms with Crippen LogP contribution in [0.1, 0.15) is 28.9 Å². The minimum Gasteiger partial charge on any atom is -0.339 e. The molecular formula is C17H21N3O. The number of rotatable bonds is 2. The van der Waals surface area contributed by atoms with Gasteiger partial charge in [0.25, 0.3) is 5.91 Å². The number of carbonyl (C=O) groups is 1. The molecule has 0 unspecified atom stereocenters. The van der Waals surface area contributed by atoms with Crippen LogP contribution in [0.2, 0.25) is 0 Å². The molecule has 1 amide bonds. The number of benzene rings is 1. The molecule has 0 saturated carbocycles. The van der Waals surface area contributed by atoms with Gasteiger partial charge in [0.2, 0.25) is 0 Å². The molecule has 0 radical (unpaired) electrons. The number of para-hydroxylation sites is 1. The van der Waals surface area contributed by atoms with Crippen LogP contribution in [-0.2, 0) is 0 Å². The SMILES string of the molecule is CNC1CCN(C(=O)c2cc(C)nc3ccccc23)CC1. The third kappa shape index (κ3) is 2.76. The standard InChI is InChI=1S/C17H21N3O/c1-12-11-15(14-5-3-4-6-16(14)19-12)17(21)20-9-7-13(18-2)8-10-20/h3-6,11,13,18H,7-10H2,1-2H3. The third-order valence-electron chi connectivity index (χ3n) is 4.27. The quantitative estimate of drug-likeness (QED) is 0.920. The minimum atomic E-state index is 0.131. The predicted octanol–water partition coefficient (Wildman–Crippen LogP) is 2.37. The van der Waals surface area contributed by atoms with E-state index in [0.717, 1.165) is 48.1 Å². The molecule has 4 nitrogen and oxygen atoms in total. The Labute approximate surface area is 125 Å². The molecular weight excluding hydrogens is 262 g/mol. The van der Waals surface area contributed by atoms with Gasteiger partial charge in [0, 0.05) is 30.2 Å². The number of likely N-dealkylation sites (tertiary alicyclic amines) is 1. The summed E-state index contributed by atoms with van der Waals surface area (Å²) in [6.45, 7) is 3.58. The fraction of sp³-hybridized carbons (Fsp3) is 0.412. The molecule has 0 aliphatic carbocycles. The second-order valence-electron chi connectivity index (χ2n) is 5.68. The summed E-state index contributed by atoms with van der Waals surface area (Å²) in [4.78, 5) is 19.3. The Morgan fingerprint density at radius 3 is 2.71 bits per heavy atom. The number of carbonyl (C=O) groups excluding carboxylic acids is 1. The largest absolute Gasteiger partial charge is 0.339 e. The third-order valence-corrected chi connectivity index (χ3v) is 4.27. The Hall–Kier alpha value is -1.94. The van der Waals surface area contributed by atoms with Crippen LogP contribution < -0.4 is 5.32 Å². The lowest BCUT2D eigenvalue weighted by molar-refractivity contribution is 0.0709. The maximum atomic E-state index is 12.8. The van der Waals surface area contributed by atoms with E-state index in [1.807, 2.05) is 49.2 Å². The van der Waals surface area contributed by atoms with Gasteiger partial charge in [-0.2, -0.15) is 0 Å². The first-order valence-electron chi connectivity index (χ1n) is 7.52. The Morgan fingerprint density at radius 2 is 2.00 bits per heavy atom. The molecule has 1 aliphatic heterocycles. The Morgan fingerprint density at radius 1 is 1.29 bits per heavy atom. The van der Waals surface area contributed by atoms with Crippen molar-refractivity contribution < 1.29 is 4.79 Å². The van der Waals surface area contributed by atoms with Crippen molar-refractivity contribution in [1.82, 2.24) is 15.2 Å². The summed E-state index contributed by atoms with van der Waals surface area (Å²) in [5.41, 5.74) is 2.56. The van der Waals surface area contributed by atoms with E-state index in [4.69, 9.17) is 0 Å². The number of aryl methyl sites for hydroxylation is 1. The van der Waals surface area contributed by atoms with E-state index >= 15 is 0 Å². The fourth-order valence-electron chi connectivity index (χ4n) is 3.03. The number of nitrogens with one attached hydrogen (secondary N) is 1. The van der Waals surface area contributed by atoms with Gasteiger partial charge >= 0.3 is 0 Å². The molecule has 1 aromatic carbocycles. The molecule has 110 valence electrons. The lowest BCUT2D eigenvalue weighted by Crippen LogP contribution is -2.44. The maximum Gasteiger partial charge on any atom is 0.254 e. The van der Waals surface area contributed by atoms with Crippen LogP contribution >= 0.6 is 0 Å². The van der Waals surface area contributed by atoms with Crippen molar-refractivity contribution in [2.24, 2.45) is 0 Å². The molecule has 0 atom stereocenters. The molecule has 1 fully saturated rings. The Kier molecular flexibility index (Phi) is 3.88. The molecule has 1 saturated heterocycles. The molecule has 1 N–H and O–H groups in total. The van der Waals surface area contributed by atoms with Gasteiger partial charge in [-0.3, -0.25) is 9.78 Å². The molecule has 2 heterocycles. The highest BCUT2D eigenvalue weighted by Gasteiger charge is 2.24. The van der Waals surface area contributed by atoms with Gasteiger partial charge in [0.1, 0.15) is 0 Å². The van der Waals surface area contributed by atoms with Crippen LogP contribution in [-0.4, -0.2) is 42.0 Å². The number of hydrogen-bond acceptors (Lipinski definition) is 3. The Bertz CT molecular complexity index is 660. The van der Waals surface area contributed by atoms with Crippen LogP contribution in [0, 0.1) is 6.92 Å². The number of nitrogens with zero attached hydrogens (tertiary/aromatic N) is 2. The lowest BCUT2D eigenvalue weighted by atomic mass is 10.0. The summed E-state index contributed by atoms with van der Waals surface area (Å²) in [6.07, 6.45) is 2.04. The van der Waals surface area contributed by atoms with Crippen LogP contribution in [0.5, 0.6) is 0 Å². The average molecular weight is 283 g/mol. The summed E-state index contributed by atoms with van der Waals surface area (Å²) in [5, 5.41) is 4.24. The zero-order valence-corrected chi connectivity index (χ0v) is 12.6. The van der Waals surface area contributed by atoms with Crippen molar-refractivity contribution in [2.45, 2.75) is 25.8 Å². The normalized spacial score (nSPS) is 16.4. The lowest BCUT2D eigenvalue weighted by Gasteiger charge is -2.32. The first-order valence-corrected chi connectivity index (χ1v) is 7.52. The minimum absolute atomic E-state index is 0.131. The van der Waals surface area contributed by atoms with Crippen molar-refractivity contribution >= 4 is 16.8 Å². The monoisotopic (exact) mass is 283 g/mol.